The number of aliphatic hydroxyl groups excluding tert-OH is 1. The van der Waals surface area contributed by atoms with Gasteiger partial charge in [-0.25, -0.2) is 0 Å². The number of nitrogens with one attached hydrogen (secondary N) is 1. The van der Waals surface area contributed by atoms with Crippen molar-refractivity contribution in [3.8, 4) is 0 Å². The molecule has 2 fully saturated rings. The minimum Gasteiger partial charge on any atom is -0.481 e. The Morgan fingerprint density at radius 2 is 1.81 bits per heavy atom. The van der Waals surface area contributed by atoms with Crippen LogP contribution in [0.2, 0.25) is 0 Å². The van der Waals surface area contributed by atoms with E-state index in [9.17, 15) is 9.59 Å². The molecule has 1 amide bonds. The lowest BCUT2D eigenvalue weighted by Gasteiger charge is -2.32. The molecule has 3 N–H and O–H groups in total. The maximum Gasteiger partial charge on any atom is 0.307 e. The fourth-order valence-electron chi connectivity index (χ4n) is 2.58. The highest BCUT2D eigenvalue weighted by Gasteiger charge is 2.66. The van der Waals surface area contributed by atoms with Crippen LogP contribution in [0.25, 0.3) is 0 Å². The van der Waals surface area contributed by atoms with Crippen molar-refractivity contribution >= 4 is 11.9 Å². The molecule has 0 bridgehead atoms. The van der Waals surface area contributed by atoms with Gasteiger partial charge in [0.25, 0.3) is 0 Å². The zero-order valence-electron chi connectivity index (χ0n) is 9.43. The average molecular weight is 227 g/mol. The molecule has 0 aromatic rings. The van der Waals surface area contributed by atoms with E-state index >= 15 is 0 Å². The van der Waals surface area contributed by atoms with Gasteiger partial charge in [-0.3, -0.25) is 9.59 Å². The quantitative estimate of drug-likeness (QED) is 0.632. The molecule has 0 aromatic carbocycles. The number of hydrogen-bond donors (Lipinski definition) is 3. The summed E-state index contributed by atoms with van der Waals surface area (Å²) in [4.78, 5) is 22.7. The van der Waals surface area contributed by atoms with Gasteiger partial charge in [-0.2, -0.15) is 0 Å². The number of amides is 1. The molecule has 5 heteroatoms. The highest BCUT2D eigenvalue weighted by Crippen LogP contribution is 2.58. The molecule has 0 unspecified atom stereocenters. The summed E-state index contributed by atoms with van der Waals surface area (Å²) in [5.41, 5.74) is -0.446. The van der Waals surface area contributed by atoms with E-state index in [0.29, 0.717) is 12.8 Å². The molecule has 2 atom stereocenters. The Morgan fingerprint density at radius 1 is 1.25 bits per heavy atom. The summed E-state index contributed by atoms with van der Waals surface area (Å²) in [7, 11) is 0. The molecule has 2 saturated carbocycles. The molecule has 0 spiro atoms. The molecule has 0 aromatic heterocycles. The van der Waals surface area contributed by atoms with Gasteiger partial charge in [0.05, 0.1) is 17.9 Å². The molecule has 2 aliphatic rings. The van der Waals surface area contributed by atoms with Gasteiger partial charge in [0.15, 0.2) is 0 Å². The number of aliphatic carboxylic acids is 1. The van der Waals surface area contributed by atoms with Gasteiger partial charge in [-0.05, 0) is 18.3 Å². The zero-order valence-corrected chi connectivity index (χ0v) is 9.43. The van der Waals surface area contributed by atoms with E-state index in [-0.39, 0.29) is 18.1 Å². The first kappa shape index (κ1) is 11.4. The highest BCUT2D eigenvalue weighted by molar-refractivity contribution is 5.91. The summed E-state index contributed by atoms with van der Waals surface area (Å²) in [6, 6.07) is 0.0216. The molecule has 90 valence electrons. The molecular formula is C11H17NO4. The summed E-state index contributed by atoms with van der Waals surface area (Å²) in [5.74, 6) is -2.09. The lowest BCUT2D eigenvalue weighted by Crippen LogP contribution is -2.47. The van der Waals surface area contributed by atoms with Crippen LogP contribution in [0.4, 0.5) is 0 Å². The molecule has 0 saturated heterocycles. The second-order valence-corrected chi connectivity index (χ2v) is 5.45. The Labute approximate surface area is 93.8 Å². The lowest BCUT2D eigenvalue weighted by molar-refractivity contribution is -0.140. The Kier molecular flexibility index (Phi) is 2.45. The minimum atomic E-state index is -0.904. The Morgan fingerprint density at radius 3 is 2.19 bits per heavy atom. The number of carboxylic acid groups (broad SMARTS) is 1. The SMILES string of the molecule is CC1(C)[C@H](C(=O)O)[C@@H]1C(=O)NC1CC(O)C1. The van der Waals surface area contributed by atoms with Gasteiger partial charge in [0.1, 0.15) is 0 Å². The Balaban J connectivity index is 1.89. The predicted octanol–water partition coefficient (Wildman–Crippen LogP) is -0.0173. The zero-order chi connectivity index (χ0) is 12.1. The van der Waals surface area contributed by atoms with Crippen LogP contribution in [0.1, 0.15) is 26.7 Å². The fourth-order valence-corrected chi connectivity index (χ4v) is 2.58. The monoisotopic (exact) mass is 227 g/mol. The van der Waals surface area contributed by atoms with Gasteiger partial charge in [-0.15, -0.1) is 0 Å². The van der Waals surface area contributed by atoms with E-state index in [4.69, 9.17) is 10.2 Å². The van der Waals surface area contributed by atoms with Gasteiger partial charge in [0, 0.05) is 6.04 Å². The molecular weight excluding hydrogens is 210 g/mol. The largest absolute Gasteiger partial charge is 0.481 e. The highest BCUT2D eigenvalue weighted by atomic mass is 16.4. The summed E-state index contributed by atoms with van der Waals surface area (Å²) in [6.07, 6.45) is 0.848. The molecule has 16 heavy (non-hydrogen) atoms. The number of carbonyl (C=O) groups excluding carboxylic acids is 1. The predicted molar refractivity (Wildman–Crippen MR) is 55.6 cm³/mol. The van der Waals surface area contributed by atoms with Crippen molar-refractivity contribution in [3.05, 3.63) is 0 Å². The van der Waals surface area contributed by atoms with Crippen LogP contribution >= 0.6 is 0 Å². The number of hydrogen-bond acceptors (Lipinski definition) is 3. The topological polar surface area (TPSA) is 86.6 Å². The first-order valence-electron chi connectivity index (χ1n) is 5.55. The molecule has 2 rings (SSSR count). The third-order valence-electron chi connectivity index (χ3n) is 3.84. The second-order valence-electron chi connectivity index (χ2n) is 5.45. The first-order chi connectivity index (χ1) is 7.34. The number of carboxylic acids is 1. The van der Waals surface area contributed by atoms with Crippen LogP contribution in [0, 0.1) is 17.3 Å². The van der Waals surface area contributed by atoms with Crippen LogP contribution in [0.5, 0.6) is 0 Å². The minimum absolute atomic E-state index is 0.0216. The van der Waals surface area contributed by atoms with E-state index in [1.54, 1.807) is 13.8 Å². The van der Waals surface area contributed by atoms with E-state index < -0.39 is 23.2 Å². The first-order valence-corrected chi connectivity index (χ1v) is 5.55. The van der Waals surface area contributed by atoms with Crippen molar-refractivity contribution in [2.45, 2.75) is 38.8 Å². The second kappa shape index (κ2) is 3.45. The van der Waals surface area contributed by atoms with Crippen molar-refractivity contribution in [2.75, 3.05) is 0 Å². The standard InChI is InChI=1S/C11H17NO4/c1-11(2)7(8(11)10(15)16)9(14)12-5-3-6(13)4-5/h5-8,13H,3-4H2,1-2H3,(H,12,14)(H,15,16)/t5?,6?,7-,8+/m1/s1. The Hall–Kier alpha value is -1.10. The normalized spacial score (nSPS) is 39.7. The van der Waals surface area contributed by atoms with E-state index in [0.717, 1.165) is 0 Å². The van der Waals surface area contributed by atoms with Gasteiger partial charge in [0.2, 0.25) is 5.91 Å². The van der Waals surface area contributed by atoms with Crippen LogP contribution < -0.4 is 5.32 Å². The van der Waals surface area contributed by atoms with Crippen LogP contribution in [-0.4, -0.2) is 34.2 Å². The molecule has 0 aliphatic heterocycles. The Bertz CT molecular complexity index is 333. The summed E-state index contributed by atoms with van der Waals surface area (Å²) in [6.45, 7) is 3.59. The van der Waals surface area contributed by atoms with E-state index in [1.165, 1.54) is 0 Å². The van der Waals surface area contributed by atoms with E-state index in [2.05, 4.69) is 5.32 Å². The number of rotatable bonds is 3. The third-order valence-corrected chi connectivity index (χ3v) is 3.84. The van der Waals surface area contributed by atoms with Crippen molar-refractivity contribution in [2.24, 2.45) is 17.3 Å². The average Bonchev–Trinajstić information content (AvgIpc) is 2.66. The third kappa shape index (κ3) is 1.69. The van der Waals surface area contributed by atoms with Crippen molar-refractivity contribution in [3.63, 3.8) is 0 Å². The van der Waals surface area contributed by atoms with Crippen molar-refractivity contribution < 1.29 is 19.8 Å². The summed E-state index contributed by atoms with van der Waals surface area (Å²) in [5, 5.41) is 20.8. The smallest absolute Gasteiger partial charge is 0.307 e. The fraction of sp³-hybridized carbons (Fsp3) is 0.818. The van der Waals surface area contributed by atoms with Crippen molar-refractivity contribution in [1.29, 1.82) is 0 Å². The molecule has 0 radical (unpaired) electrons. The number of aliphatic hydroxyl groups is 1. The maximum atomic E-state index is 11.8. The molecule has 0 heterocycles. The molecule has 2 aliphatic carbocycles. The van der Waals surface area contributed by atoms with Gasteiger partial charge in [-0.1, -0.05) is 13.8 Å². The summed E-state index contributed by atoms with van der Waals surface area (Å²) < 4.78 is 0. The molecule has 5 nitrogen and oxygen atoms in total. The lowest BCUT2D eigenvalue weighted by atomic mass is 9.89. The van der Waals surface area contributed by atoms with Gasteiger partial charge >= 0.3 is 5.97 Å². The van der Waals surface area contributed by atoms with Crippen LogP contribution in [0.3, 0.4) is 0 Å². The van der Waals surface area contributed by atoms with Crippen molar-refractivity contribution in [1.82, 2.24) is 5.32 Å². The van der Waals surface area contributed by atoms with Crippen LogP contribution in [-0.2, 0) is 9.59 Å². The summed E-state index contributed by atoms with van der Waals surface area (Å²) >= 11 is 0. The van der Waals surface area contributed by atoms with Gasteiger partial charge < -0.3 is 15.5 Å². The van der Waals surface area contributed by atoms with Crippen LogP contribution in [0.15, 0.2) is 0 Å². The maximum absolute atomic E-state index is 11.8. The number of carbonyl (C=O) groups is 2. The van der Waals surface area contributed by atoms with E-state index in [1.807, 2.05) is 0 Å².